The van der Waals surface area contributed by atoms with Crippen LogP contribution in [0.15, 0.2) is 97.2 Å². The van der Waals surface area contributed by atoms with E-state index >= 15 is 0 Å². The number of unbranched alkanes of at least 4 members (excludes halogenated alkanes) is 1. The largest absolute Gasteiger partial charge is 0.294 e. The molecule has 0 saturated carbocycles. The third kappa shape index (κ3) is 5.13. The molecule has 1 heterocycles. The zero-order chi connectivity index (χ0) is 31.6. The minimum Gasteiger partial charge on any atom is -0.294 e. The number of rotatable bonds is 7. The van der Waals surface area contributed by atoms with Crippen LogP contribution in [0.3, 0.4) is 0 Å². The fourth-order valence-electron chi connectivity index (χ4n) is 8.41. The van der Waals surface area contributed by atoms with Gasteiger partial charge in [0.15, 0.2) is 0 Å². The number of nitrogens with zero attached hydrogens (tertiary/aromatic N) is 1. The molecular weight excluding hydrogens is 747 g/mol. The fraction of sp³-hybridized carbons (Fsp3) is 0.267. The van der Waals surface area contributed by atoms with E-state index in [1.165, 1.54) is 102 Å². The maximum atomic E-state index is 5.04. The Bertz CT molecular complexity index is 2310. The van der Waals surface area contributed by atoms with E-state index in [9.17, 15) is 0 Å². The summed E-state index contributed by atoms with van der Waals surface area (Å²) >= 11 is 0. The van der Waals surface area contributed by atoms with Gasteiger partial charge in [0.05, 0.1) is 0 Å². The van der Waals surface area contributed by atoms with Gasteiger partial charge in [-0.1, -0.05) is 143 Å². The third-order valence-corrected chi connectivity index (χ3v) is 10.9. The molecule has 0 fully saturated rings. The van der Waals surface area contributed by atoms with Crippen molar-refractivity contribution in [3.05, 3.63) is 126 Å². The second-order valence-electron chi connectivity index (χ2n) is 14.1. The molecule has 1 atom stereocenters. The second-order valence-corrected chi connectivity index (χ2v) is 14.1. The number of pyridine rings is 1. The maximum Gasteiger partial charge on any atom is 0.0189 e. The van der Waals surface area contributed by atoms with Crippen LogP contribution in [-0.2, 0) is 31.9 Å². The van der Waals surface area contributed by atoms with Crippen LogP contribution in [0, 0.1) is 18.9 Å². The van der Waals surface area contributed by atoms with Crippen LogP contribution in [0.5, 0.6) is 0 Å². The SMILES string of the molecule is CCCCC(CC)Cc1cc(-c2nccc3c2ccc2c4c(ccc23)-c2c(ccc3ccccc23)C4(C)C)[c-]c2cc(C)ccc12.[Ir]. The molecule has 1 aliphatic carbocycles. The Balaban J connectivity index is 0.00000351. The molecule has 0 N–H and O–H groups in total. The molecule has 0 spiro atoms. The standard InChI is InChI=1S/C45H42N.Ir/c1-6-8-11-29(7-2)25-32-27-33(26-31-24-28(3)14-16-34(31)32)44-39-19-18-38-36(37(39)22-23-46-44)17-20-40-42-35-13-10-9-12-30(35)15-21-41(42)45(4,5)43(38)40;/h9-10,12-24,27,29H,6-8,11,25H2,1-5H3;/q-1;. The average Bonchev–Trinajstić information content (AvgIpc) is 3.32. The molecule has 7 aromatic rings. The first kappa shape index (κ1) is 31.7. The van der Waals surface area contributed by atoms with Gasteiger partial charge in [-0.3, -0.25) is 4.98 Å². The number of benzene rings is 6. The smallest absolute Gasteiger partial charge is 0.0189 e. The Kier molecular flexibility index (Phi) is 8.32. The van der Waals surface area contributed by atoms with E-state index < -0.39 is 0 Å². The van der Waals surface area contributed by atoms with Crippen LogP contribution in [0.4, 0.5) is 0 Å². The van der Waals surface area contributed by atoms with E-state index in [4.69, 9.17) is 4.98 Å². The Morgan fingerprint density at radius 3 is 2.36 bits per heavy atom. The molecule has 0 bridgehead atoms. The van der Waals surface area contributed by atoms with E-state index in [2.05, 4.69) is 132 Å². The first-order valence-corrected chi connectivity index (χ1v) is 17.2. The van der Waals surface area contributed by atoms with Crippen molar-refractivity contribution in [1.82, 2.24) is 4.98 Å². The van der Waals surface area contributed by atoms with Gasteiger partial charge in [-0.2, -0.15) is 0 Å². The zero-order valence-corrected chi connectivity index (χ0v) is 30.5. The third-order valence-electron chi connectivity index (χ3n) is 10.9. The van der Waals surface area contributed by atoms with Crippen molar-refractivity contribution in [2.24, 2.45) is 5.92 Å². The first-order valence-electron chi connectivity index (χ1n) is 17.2. The Labute approximate surface area is 292 Å². The Morgan fingerprint density at radius 2 is 1.53 bits per heavy atom. The molecule has 0 amide bonds. The normalized spacial score (nSPS) is 14.0. The van der Waals surface area contributed by atoms with Crippen LogP contribution < -0.4 is 0 Å². The maximum absolute atomic E-state index is 5.04. The van der Waals surface area contributed by atoms with Gasteiger partial charge in [0.25, 0.3) is 0 Å². The Hall–Kier alpha value is -3.84. The van der Waals surface area contributed by atoms with Crippen LogP contribution in [0.25, 0.3) is 65.5 Å². The number of hydrogen-bond donors (Lipinski definition) is 0. The van der Waals surface area contributed by atoms with Gasteiger partial charge < -0.3 is 0 Å². The number of hydrogen-bond acceptors (Lipinski definition) is 1. The number of aromatic nitrogens is 1. The van der Waals surface area contributed by atoms with E-state index in [-0.39, 0.29) is 25.5 Å². The van der Waals surface area contributed by atoms with Crippen LogP contribution in [0.1, 0.15) is 75.6 Å². The predicted octanol–water partition coefficient (Wildman–Crippen LogP) is 12.5. The molecule has 1 unspecified atom stereocenters. The van der Waals surface area contributed by atoms with Gasteiger partial charge in [-0.05, 0) is 79.9 Å². The van der Waals surface area contributed by atoms with Crippen molar-refractivity contribution >= 4 is 43.1 Å². The summed E-state index contributed by atoms with van der Waals surface area (Å²) in [6, 6.07) is 38.1. The average molecular weight is 789 g/mol. The number of fused-ring (bicyclic) bond motifs is 10. The monoisotopic (exact) mass is 789 g/mol. The van der Waals surface area contributed by atoms with E-state index in [1.54, 1.807) is 0 Å². The molecule has 0 saturated heterocycles. The summed E-state index contributed by atoms with van der Waals surface area (Å²) in [5.41, 5.74) is 10.4. The molecule has 6 aromatic carbocycles. The molecule has 8 rings (SSSR count). The summed E-state index contributed by atoms with van der Waals surface area (Å²) in [5, 5.41) is 10.3. The van der Waals surface area contributed by atoms with Gasteiger partial charge in [0.1, 0.15) is 0 Å². The Morgan fingerprint density at radius 1 is 0.766 bits per heavy atom. The topological polar surface area (TPSA) is 12.9 Å². The molecule has 1 aromatic heterocycles. The molecular formula is C45H42IrN-. The minimum absolute atomic E-state index is 0. The molecule has 2 heteroatoms. The molecule has 1 aliphatic rings. The quantitative estimate of drug-likeness (QED) is 0.116. The first-order chi connectivity index (χ1) is 22.4. The van der Waals surface area contributed by atoms with Crippen molar-refractivity contribution in [2.45, 2.75) is 72.1 Å². The summed E-state index contributed by atoms with van der Waals surface area (Å²) in [6.45, 7) is 11.6. The summed E-state index contributed by atoms with van der Waals surface area (Å²) < 4.78 is 0. The van der Waals surface area contributed by atoms with Crippen molar-refractivity contribution in [2.75, 3.05) is 0 Å². The molecule has 237 valence electrons. The van der Waals surface area contributed by atoms with Crippen molar-refractivity contribution in [3.63, 3.8) is 0 Å². The molecule has 47 heavy (non-hydrogen) atoms. The van der Waals surface area contributed by atoms with Crippen molar-refractivity contribution in [3.8, 4) is 22.4 Å². The zero-order valence-electron chi connectivity index (χ0n) is 28.1. The van der Waals surface area contributed by atoms with Crippen molar-refractivity contribution in [1.29, 1.82) is 0 Å². The fourth-order valence-corrected chi connectivity index (χ4v) is 8.41. The summed E-state index contributed by atoms with van der Waals surface area (Å²) in [6.07, 6.45) is 8.14. The molecule has 1 nitrogen and oxygen atoms in total. The molecule has 1 radical (unpaired) electrons. The second kappa shape index (κ2) is 12.3. The van der Waals surface area contributed by atoms with Crippen LogP contribution in [0.2, 0.25) is 0 Å². The van der Waals surface area contributed by atoms with Gasteiger partial charge in [-0.15, -0.1) is 29.1 Å². The summed E-state index contributed by atoms with van der Waals surface area (Å²) in [7, 11) is 0. The van der Waals surface area contributed by atoms with E-state index in [0.29, 0.717) is 5.92 Å². The minimum atomic E-state index is -0.0930. The van der Waals surface area contributed by atoms with E-state index in [1.807, 2.05) is 6.20 Å². The van der Waals surface area contributed by atoms with Gasteiger partial charge >= 0.3 is 0 Å². The van der Waals surface area contributed by atoms with E-state index in [0.717, 1.165) is 17.7 Å². The van der Waals surface area contributed by atoms with Crippen molar-refractivity contribution < 1.29 is 20.1 Å². The van der Waals surface area contributed by atoms with Crippen LogP contribution >= 0.6 is 0 Å². The summed E-state index contributed by atoms with van der Waals surface area (Å²) in [4.78, 5) is 5.04. The molecule has 0 aliphatic heterocycles. The summed E-state index contributed by atoms with van der Waals surface area (Å²) in [5.74, 6) is 0.691. The van der Waals surface area contributed by atoms with Gasteiger partial charge in [0, 0.05) is 37.4 Å². The van der Waals surface area contributed by atoms with Crippen LogP contribution in [-0.4, -0.2) is 4.98 Å². The predicted molar refractivity (Wildman–Crippen MR) is 198 cm³/mol. The van der Waals surface area contributed by atoms with Gasteiger partial charge in [-0.25, -0.2) is 0 Å². The van der Waals surface area contributed by atoms with Gasteiger partial charge in [0.2, 0.25) is 0 Å². The number of aryl methyl sites for hydroxylation is 1.